The van der Waals surface area contributed by atoms with Gasteiger partial charge in [-0.3, -0.25) is 9.78 Å². The van der Waals surface area contributed by atoms with Gasteiger partial charge in [-0.2, -0.15) is 0 Å². The number of hydrogen-bond acceptors (Lipinski definition) is 3. The minimum atomic E-state index is 0.159. The first-order valence-corrected chi connectivity index (χ1v) is 10.1. The molecule has 2 fully saturated rings. The van der Waals surface area contributed by atoms with Crippen molar-refractivity contribution in [2.45, 2.75) is 50.5 Å². The zero-order valence-corrected chi connectivity index (χ0v) is 15.9. The van der Waals surface area contributed by atoms with E-state index in [0.717, 1.165) is 17.7 Å². The van der Waals surface area contributed by atoms with Gasteiger partial charge in [0.25, 0.3) is 0 Å². The highest BCUT2D eigenvalue weighted by Gasteiger charge is 2.51. The molecule has 1 amide bonds. The molecule has 0 unspecified atom stereocenters. The van der Waals surface area contributed by atoms with Gasteiger partial charge in [-0.1, -0.05) is 31.0 Å². The van der Waals surface area contributed by atoms with Gasteiger partial charge in [0, 0.05) is 30.8 Å². The molecular formula is C23H28N2O2. The largest absolute Gasteiger partial charge is 0.497 e. The summed E-state index contributed by atoms with van der Waals surface area (Å²) < 4.78 is 5.30. The Morgan fingerprint density at radius 3 is 2.63 bits per heavy atom. The molecule has 0 bridgehead atoms. The first-order chi connectivity index (χ1) is 13.3. The minimum Gasteiger partial charge on any atom is -0.497 e. The standard InChI is InChI=1S/C23H28N2O2/c1-27-18-11-9-17(10-12-18)22-19-6-2-3-7-20(19)23(22)25-21(26)13-8-16-5-4-14-24-15-16/h4-5,9-12,14-15,19-20,22-23H,2-3,6-8,13H2,1H3,(H,25,26)/t19-,20+,22-,23-/m0/s1. The van der Waals surface area contributed by atoms with Gasteiger partial charge in [0.15, 0.2) is 0 Å². The molecule has 1 N–H and O–H groups in total. The molecule has 0 spiro atoms. The predicted octanol–water partition coefficient (Wildman–Crippen LogP) is 4.11. The third-order valence-corrected chi connectivity index (χ3v) is 6.38. The Kier molecular flexibility index (Phi) is 5.42. The number of aryl methyl sites for hydroxylation is 1. The monoisotopic (exact) mass is 364 g/mol. The van der Waals surface area contributed by atoms with E-state index in [4.69, 9.17) is 4.74 Å². The van der Waals surface area contributed by atoms with E-state index < -0.39 is 0 Å². The Hall–Kier alpha value is -2.36. The minimum absolute atomic E-state index is 0.159. The smallest absolute Gasteiger partial charge is 0.220 e. The van der Waals surface area contributed by atoms with Gasteiger partial charge in [0.1, 0.15) is 5.75 Å². The molecule has 4 atom stereocenters. The van der Waals surface area contributed by atoms with Crippen LogP contribution in [0.3, 0.4) is 0 Å². The van der Waals surface area contributed by atoms with Crippen molar-refractivity contribution in [3.05, 3.63) is 59.9 Å². The number of fused-ring (bicyclic) bond motifs is 1. The van der Waals surface area contributed by atoms with Crippen LogP contribution in [0.5, 0.6) is 5.75 Å². The molecule has 2 aliphatic carbocycles. The topological polar surface area (TPSA) is 51.2 Å². The predicted molar refractivity (Wildman–Crippen MR) is 106 cm³/mol. The van der Waals surface area contributed by atoms with E-state index in [-0.39, 0.29) is 11.9 Å². The van der Waals surface area contributed by atoms with Crippen molar-refractivity contribution in [2.24, 2.45) is 11.8 Å². The van der Waals surface area contributed by atoms with Crippen LogP contribution >= 0.6 is 0 Å². The maximum absolute atomic E-state index is 12.6. The number of amides is 1. The molecule has 0 saturated heterocycles. The maximum Gasteiger partial charge on any atom is 0.220 e. The molecular weight excluding hydrogens is 336 g/mol. The van der Waals surface area contributed by atoms with Crippen LogP contribution in [0.25, 0.3) is 0 Å². The van der Waals surface area contributed by atoms with Gasteiger partial charge in [-0.05, 0) is 60.4 Å². The van der Waals surface area contributed by atoms with Crippen LogP contribution in [-0.2, 0) is 11.2 Å². The van der Waals surface area contributed by atoms with E-state index in [1.54, 1.807) is 13.3 Å². The Morgan fingerprint density at radius 2 is 1.93 bits per heavy atom. The lowest BCUT2D eigenvalue weighted by atomic mass is 9.53. The fraction of sp³-hybridized carbons (Fsp3) is 0.478. The second-order valence-electron chi connectivity index (χ2n) is 7.87. The van der Waals surface area contributed by atoms with Gasteiger partial charge >= 0.3 is 0 Å². The van der Waals surface area contributed by atoms with E-state index in [2.05, 4.69) is 22.4 Å². The van der Waals surface area contributed by atoms with Crippen molar-refractivity contribution >= 4 is 5.91 Å². The lowest BCUT2D eigenvalue weighted by Crippen LogP contribution is -2.59. The second-order valence-corrected chi connectivity index (χ2v) is 7.87. The van der Waals surface area contributed by atoms with E-state index in [1.807, 2.05) is 30.5 Å². The summed E-state index contributed by atoms with van der Waals surface area (Å²) in [5.74, 6) is 2.81. The number of methoxy groups -OCH3 is 1. The summed E-state index contributed by atoms with van der Waals surface area (Å²) in [5.41, 5.74) is 2.44. The molecule has 4 heteroatoms. The normalized spacial score (nSPS) is 26.6. The zero-order valence-electron chi connectivity index (χ0n) is 15.9. The Morgan fingerprint density at radius 1 is 1.15 bits per heavy atom. The number of aromatic nitrogens is 1. The summed E-state index contributed by atoms with van der Waals surface area (Å²) in [6.07, 6.45) is 10.00. The highest BCUT2D eigenvalue weighted by atomic mass is 16.5. The molecule has 1 heterocycles. The van der Waals surface area contributed by atoms with Crippen LogP contribution in [0.2, 0.25) is 0 Å². The molecule has 142 valence electrons. The van der Waals surface area contributed by atoms with Crippen molar-refractivity contribution in [2.75, 3.05) is 7.11 Å². The van der Waals surface area contributed by atoms with E-state index >= 15 is 0 Å². The van der Waals surface area contributed by atoms with Crippen molar-refractivity contribution in [1.29, 1.82) is 0 Å². The molecule has 0 radical (unpaired) electrons. The van der Waals surface area contributed by atoms with Crippen molar-refractivity contribution in [1.82, 2.24) is 10.3 Å². The summed E-state index contributed by atoms with van der Waals surface area (Å²) in [7, 11) is 1.70. The summed E-state index contributed by atoms with van der Waals surface area (Å²) in [5, 5.41) is 3.37. The fourth-order valence-electron chi connectivity index (χ4n) is 5.01. The molecule has 1 aromatic heterocycles. The first kappa shape index (κ1) is 18.0. The number of nitrogens with one attached hydrogen (secondary N) is 1. The van der Waals surface area contributed by atoms with E-state index in [0.29, 0.717) is 24.2 Å². The number of carbonyl (C=O) groups excluding carboxylic acids is 1. The first-order valence-electron chi connectivity index (χ1n) is 10.1. The van der Waals surface area contributed by atoms with Crippen LogP contribution in [-0.4, -0.2) is 24.0 Å². The van der Waals surface area contributed by atoms with Crippen molar-refractivity contribution in [3.63, 3.8) is 0 Å². The highest BCUT2D eigenvalue weighted by Crippen LogP contribution is 2.54. The van der Waals surface area contributed by atoms with Gasteiger partial charge in [0.05, 0.1) is 7.11 Å². The summed E-state index contributed by atoms with van der Waals surface area (Å²) >= 11 is 0. The summed E-state index contributed by atoms with van der Waals surface area (Å²) in [6.45, 7) is 0. The highest BCUT2D eigenvalue weighted by molar-refractivity contribution is 5.77. The molecule has 2 saturated carbocycles. The number of rotatable bonds is 6. The van der Waals surface area contributed by atoms with E-state index in [9.17, 15) is 4.79 Å². The Bertz CT molecular complexity index is 760. The van der Waals surface area contributed by atoms with Gasteiger partial charge in [-0.25, -0.2) is 0 Å². The molecule has 0 aliphatic heterocycles. The molecule has 1 aromatic carbocycles. The number of ether oxygens (including phenoxy) is 1. The molecule has 27 heavy (non-hydrogen) atoms. The quantitative estimate of drug-likeness (QED) is 0.839. The number of pyridine rings is 1. The number of nitrogens with zero attached hydrogens (tertiary/aromatic N) is 1. The number of carbonyl (C=O) groups is 1. The lowest BCUT2D eigenvalue weighted by Gasteiger charge is -2.55. The van der Waals surface area contributed by atoms with Crippen LogP contribution in [0.15, 0.2) is 48.8 Å². The lowest BCUT2D eigenvalue weighted by molar-refractivity contribution is -0.124. The van der Waals surface area contributed by atoms with Crippen molar-refractivity contribution in [3.8, 4) is 5.75 Å². The van der Waals surface area contributed by atoms with Crippen LogP contribution in [0.1, 0.15) is 49.1 Å². The summed E-state index contributed by atoms with van der Waals surface area (Å²) in [6, 6.07) is 12.6. The number of benzene rings is 1. The van der Waals surface area contributed by atoms with Crippen LogP contribution < -0.4 is 10.1 Å². The maximum atomic E-state index is 12.6. The molecule has 2 aromatic rings. The number of hydrogen-bond donors (Lipinski definition) is 1. The van der Waals surface area contributed by atoms with Crippen LogP contribution in [0.4, 0.5) is 0 Å². The van der Waals surface area contributed by atoms with Crippen LogP contribution in [0, 0.1) is 11.8 Å². The average molecular weight is 364 g/mol. The Balaban J connectivity index is 1.42. The third kappa shape index (κ3) is 3.85. The molecule has 4 rings (SSSR count). The zero-order chi connectivity index (χ0) is 18.6. The van der Waals surface area contributed by atoms with Gasteiger partial charge in [0.2, 0.25) is 5.91 Å². The Labute approximate surface area is 161 Å². The fourth-order valence-corrected chi connectivity index (χ4v) is 5.01. The average Bonchev–Trinajstić information content (AvgIpc) is 2.72. The second kappa shape index (κ2) is 8.12. The SMILES string of the molecule is COc1ccc([C@H]2[C@H]3CCCC[C@H]3[C@@H]2NC(=O)CCc2cccnc2)cc1. The molecule has 4 nitrogen and oxygen atoms in total. The summed E-state index contributed by atoms with van der Waals surface area (Å²) in [4.78, 5) is 16.7. The third-order valence-electron chi connectivity index (χ3n) is 6.38. The van der Waals surface area contributed by atoms with E-state index in [1.165, 1.54) is 31.2 Å². The van der Waals surface area contributed by atoms with Gasteiger partial charge in [-0.15, -0.1) is 0 Å². The van der Waals surface area contributed by atoms with Crippen molar-refractivity contribution < 1.29 is 9.53 Å². The van der Waals surface area contributed by atoms with Gasteiger partial charge < -0.3 is 10.1 Å². The molecule has 2 aliphatic rings.